The van der Waals surface area contributed by atoms with Gasteiger partial charge in [-0.1, -0.05) is 29.8 Å². The van der Waals surface area contributed by atoms with Crippen LogP contribution in [0.5, 0.6) is 0 Å². The topological polar surface area (TPSA) is 17.1 Å². The molecule has 1 unspecified atom stereocenters. The summed E-state index contributed by atoms with van der Waals surface area (Å²) in [6, 6.07) is 7.67. The Bertz CT molecular complexity index is 376. The summed E-state index contributed by atoms with van der Waals surface area (Å²) in [5.74, 6) is 2.09. The van der Waals surface area contributed by atoms with Crippen LogP contribution in [0.15, 0.2) is 24.3 Å². The maximum absolute atomic E-state index is 11.1. The predicted octanol–water partition coefficient (Wildman–Crippen LogP) is 2.87. The van der Waals surface area contributed by atoms with Crippen molar-refractivity contribution in [2.75, 3.05) is 0 Å². The largest absolute Gasteiger partial charge is 0.281 e. The van der Waals surface area contributed by atoms with E-state index < -0.39 is 5.24 Å². The standard InChI is InChI=1S/C12H11ClO/c1-3-5-11(12(13)14)10-7-4-6-9(2)8-10/h1,4,6-8,11H,5H2,2H3. The lowest BCUT2D eigenvalue weighted by Crippen LogP contribution is -2.05. The average Bonchev–Trinajstić information content (AvgIpc) is 2.13. The fraction of sp³-hybridized carbons (Fsp3) is 0.250. The van der Waals surface area contributed by atoms with Gasteiger partial charge in [0.2, 0.25) is 5.24 Å². The van der Waals surface area contributed by atoms with Crippen LogP contribution in [-0.2, 0) is 4.79 Å². The zero-order valence-corrected chi connectivity index (χ0v) is 8.71. The van der Waals surface area contributed by atoms with Gasteiger partial charge in [0.1, 0.15) is 0 Å². The monoisotopic (exact) mass is 206 g/mol. The summed E-state index contributed by atoms with van der Waals surface area (Å²) >= 11 is 5.47. The highest BCUT2D eigenvalue weighted by Gasteiger charge is 2.17. The van der Waals surface area contributed by atoms with E-state index in [1.54, 1.807) is 0 Å². The first-order valence-corrected chi connectivity index (χ1v) is 4.72. The lowest BCUT2D eigenvalue weighted by Gasteiger charge is -2.09. The molecule has 0 radical (unpaired) electrons. The van der Waals surface area contributed by atoms with Crippen molar-refractivity contribution in [3.8, 4) is 12.3 Å². The van der Waals surface area contributed by atoms with E-state index in [-0.39, 0.29) is 5.92 Å². The molecule has 0 saturated heterocycles. The molecule has 0 aromatic heterocycles. The van der Waals surface area contributed by atoms with Gasteiger partial charge in [-0.05, 0) is 24.1 Å². The maximum atomic E-state index is 11.1. The molecule has 0 bridgehead atoms. The maximum Gasteiger partial charge on any atom is 0.230 e. The van der Waals surface area contributed by atoms with Gasteiger partial charge in [0.15, 0.2) is 0 Å². The Labute approximate surface area is 89.1 Å². The third kappa shape index (κ3) is 2.61. The number of hydrogen-bond donors (Lipinski definition) is 0. The Morgan fingerprint density at radius 2 is 2.36 bits per heavy atom. The second-order valence-corrected chi connectivity index (χ2v) is 3.55. The van der Waals surface area contributed by atoms with Crippen LogP contribution in [0.2, 0.25) is 0 Å². The van der Waals surface area contributed by atoms with Gasteiger partial charge in [-0.25, -0.2) is 0 Å². The normalized spacial score (nSPS) is 11.8. The van der Waals surface area contributed by atoms with Crippen LogP contribution in [0.1, 0.15) is 23.5 Å². The number of aryl methyl sites for hydroxylation is 1. The second kappa shape index (κ2) is 4.83. The molecule has 1 aromatic carbocycles. The summed E-state index contributed by atoms with van der Waals surface area (Å²) in [5, 5.41) is -0.395. The van der Waals surface area contributed by atoms with Gasteiger partial charge in [-0.15, -0.1) is 12.3 Å². The van der Waals surface area contributed by atoms with Crippen LogP contribution < -0.4 is 0 Å². The van der Waals surface area contributed by atoms with E-state index in [0.717, 1.165) is 11.1 Å². The van der Waals surface area contributed by atoms with Crippen molar-refractivity contribution in [2.45, 2.75) is 19.3 Å². The highest BCUT2D eigenvalue weighted by molar-refractivity contribution is 6.64. The lowest BCUT2D eigenvalue weighted by atomic mass is 9.96. The minimum Gasteiger partial charge on any atom is -0.281 e. The molecular weight excluding hydrogens is 196 g/mol. The second-order valence-electron chi connectivity index (χ2n) is 3.18. The van der Waals surface area contributed by atoms with Crippen LogP contribution in [0.3, 0.4) is 0 Å². The smallest absolute Gasteiger partial charge is 0.230 e. The minimum atomic E-state index is -0.395. The molecule has 0 fully saturated rings. The van der Waals surface area contributed by atoms with E-state index in [1.165, 1.54) is 0 Å². The van der Waals surface area contributed by atoms with Crippen LogP contribution in [-0.4, -0.2) is 5.24 Å². The van der Waals surface area contributed by atoms with E-state index in [1.807, 2.05) is 31.2 Å². The van der Waals surface area contributed by atoms with Gasteiger partial charge in [0.25, 0.3) is 0 Å². The van der Waals surface area contributed by atoms with Crippen molar-refractivity contribution in [3.63, 3.8) is 0 Å². The average molecular weight is 207 g/mol. The minimum absolute atomic E-state index is 0.353. The van der Waals surface area contributed by atoms with E-state index in [0.29, 0.717) is 6.42 Å². The van der Waals surface area contributed by atoms with Crippen molar-refractivity contribution < 1.29 is 4.79 Å². The molecule has 0 heterocycles. The molecule has 1 rings (SSSR count). The number of rotatable bonds is 3. The molecule has 0 amide bonds. The summed E-state index contributed by atoms with van der Waals surface area (Å²) in [7, 11) is 0. The molecule has 1 atom stereocenters. The summed E-state index contributed by atoms with van der Waals surface area (Å²) in [5.41, 5.74) is 1.99. The molecule has 0 N–H and O–H groups in total. The molecule has 0 aliphatic heterocycles. The molecule has 1 nitrogen and oxygen atoms in total. The van der Waals surface area contributed by atoms with Gasteiger partial charge in [-0.2, -0.15) is 0 Å². The Morgan fingerprint density at radius 1 is 1.64 bits per heavy atom. The van der Waals surface area contributed by atoms with Crippen LogP contribution in [0, 0.1) is 19.3 Å². The van der Waals surface area contributed by atoms with Gasteiger partial charge in [-0.3, -0.25) is 4.79 Å². The molecule has 0 aliphatic rings. The highest BCUT2D eigenvalue weighted by atomic mass is 35.5. The number of carbonyl (C=O) groups is 1. The highest BCUT2D eigenvalue weighted by Crippen LogP contribution is 2.22. The Kier molecular flexibility index (Phi) is 3.73. The quantitative estimate of drug-likeness (QED) is 0.549. The van der Waals surface area contributed by atoms with Crippen LogP contribution >= 0.6 is 11.6 Å². The molecule has 14 heavy (non-hydrogen) atoms. The Morgan fingerprint density at radius 3 is 2.86 bits per heavy atom. The van der Waals surface area contributed by atoms with E-state index in [9.17, 15) is 4.79 Å². The van der Waals surface area contributed by atoms with Crippen molar-refractivity contribution in [2.24, 2.45) is 0 Å². The number of halogens is 1. The lowest BCUT2D eigenvalue weighted by molar-refractivity contribution is -0.112. The Hall–Kier alpha value is -1.26. The molecule has 0 spiro atoms. The number of carbonyl (C=O) groups excluding carboxylic acids is 1. The zero-order chi connectivity index (χ0) is 10.6. The van der Waals surface area contributed by atoms with Crippen molar-refractivity contribution in [3.05, 3.63) is 35.4 Å². The van der Waals surface area contributed by atoms with E-state index >= 15 is 0 Å². The number of benzene rings is 1. The predicted molar refractivity (Wildman–Crippen MR) is 58.2 cm³/mol. The molecular formula is C12H11ClO. The summed E-state index contributed by atoms with van der Waals surface area (Å²) < 4.78 is 0. The number of terminal acetylenes is 1. The first kappa shape index (κ1) is 10.8. The molecule has 0 saturated carbocycles. The molecule has 1 aromatic rings. The van der Waals surface area contributed by atoms with Crippen LogP contribution in [0.25, 0.3) is 0 Å². The molecule has 2 heteroatoms. The summed E-state index contributed by atoms with van der Waals surface area (Å²) in [6.45, 7) is 1.97. The summed E-state index contributed by atoms with van der Waals surface area (Å²) in [4.78, 5) is 11.1. The SMILES string of the molecule is C#CCC(C(=O)Cl)c1cccc(C)c1. The third-order valence-corrected chi connectivity index (χ3v) is 2.30. The third-order valence-electron chi connectivity index (χ3n) is 2.04. The van der Waals surface area contributed by atoms with Crippen molar-refractivity contribution in [1.82, 2.24) is 0 Å². The fourth-order valence-electron chi connectivity index (χ4n) is 1.33. The van der Waals surface area contributed by atoms with Gasteiger partial charge in [0, 0.05) is 6.42 Å². The van der Waals surface area contributed by atoms with Gasteiger partial charge >= 0.3 is 0 Å². The van der Waals surface area contributed by atoms with Crippen molar-refractivity contribution >= 4 is 16.8 Å². The van der Waals surface area contributed by atoms with E-state index in [4.69, 9.17) is 18.0 Å². The fourth-order valence-corrected chi connectivity index (χ4v) is 1.54. The Balaban J connectivity index is 3.00. The van der Waals surface area contributed by atoms with Crippen LogP contribution in [0.4, 0.5) is 0 Å². The van der Waals surface area contributed by atoms with Gasteiger partial charge in [0.05, 0.1) is 5.92 Å². The molecule has 0 aliphatic carbocycles. The first-order chi connectivity index (χ1) is 6.65. The zero-order valence-electron chi connectivity index (χ0n) is 7.96. The first-order valence-electron chi connectivity index (χ1n) is 4.34. The van der Waals surface area contributed by atoms with Crippen molar-refractivity contribution in [1.29, 1.82) is 0 Å². The summed E-state index contributed by atoms with van der Waals surface area (Å²) in [6.07, 6.45) is 5.53. The van der Waals surface area contributed by atoms with E-state index in [2.05, 4.69) is 5.92 Å². The van der Waals surface area contributed by atoms with Gasteiger partial charge < -0.3 is 0 Å². The number of hydrogen-bond acceptors (Lipinski definition) is 1. The molecule has 72 valence electrons.